The lowest BCUT2D eigenvalue weighted by Crippen LogP contribution is -3.13. The molecule has 1 aliphatic heterocycles. The van der Waals surface area contributed by atoms with Crippen molar-refractivity contribution in [3.63, 3.8) is 0 Å². The van der Waals surface area contributed by atoms with Crippen LogP contribution in [0.25, 0.3) is 0 Å². The topological polar surface area (TPSA) is 70.8 Å². The molecule has 166 valence electrons. The van der Waals surface area contributed by atoms with E-state index in [0.717, 1.165) is 38.4 Å². The van der Waals surface area contributed by atoms with E-state index in [0.29, 0.717) is 31.1 Å². The minimum atomic E-state index is -0.161. The van der Waals surface area contributed by atoms with Gasteiger partial charge in [-0.15, -0.1) is 0 Å². The Labute approximate surface area is 185 Å². The Morgan fingerprint density at radius 2 is 1.81 bits per heavy atom. The summed E-state index contributed by atoms with van der Waals surface area (Å²) in [6.45, 7) is 11.4. The number of amides is 2. The van der Waals surface area contributed by atoms with Gasteiger partial charge < -0.3 is 14.7 Å². The molecule has 1 saturated heterocycles. The SMILES string of the molecule is Cc1cnc(C(=O)N(CCC(=O)N2CC[NH+](Cc3ccccc3)CC2)CC(C)C)cn1. The number of hydrogen-bond donors (Lipinski definition) is 1. The Kier molecular flexibility index (Phi) is 8.12. The molecule has 2 heterocycles. The summed E-state index contributed by atoms with van der Waals surface area (Å²) < 4.78 is 0. The highest BCUT2D eigenvalue weighted by molar-refractivity contribution is 5.92. The predicted octanol–water partition coefficient (Wildman–Crippen LogP) is 1.20. The van der Waals surface area contributed by atoms with Crippen molar-refractivity contribution in [2.24, 2.45) is 5.92 Å². The van der Waals surface area contributed by atoms with E-state index < -0.39 is 0 Å². The number of benzene rings is 1. The van der Waals surface area contributed by atoms with Crippen LogP contribution in [0.2, 0.25) is 0 Å². The number of carbonyl (C=O) groups excluding carboxylic acids is 2. The van der Waals surface area contributed by atoms with E-state index in [1.165, 1.54) is 16.7 Å². The van der Waals surface area contributed by atoms with E-state index in [4.69, 9.17) is 0 Å². The first-order chi connectivity index (χ1) is 14.9. The van der Waals surface area contributed by atoms with Gasteiger partial charge in [0.25, 0.3) is 5.91 Å². The molecule has 1 aromatic carbocycles. The summed E-state index contributed by atoms with van der Waals surface area (Å²) in [4.78, 5) is 39.3. The molecule has 1 N–H and O–H groups in total. The summed E-state index contributed by atoms with van der Waals surface area (Å²) in [6, 6.07) is 10.5. The molecule has 0 spiro atoms. The van der Waals surface area contributed by atoms with Crippen molar-refractivity contribution in [2.75, 3.05) is 39.3 Å². The van der Waals surface area contributed by atoms with Crippen molar-refractivity contribution in [3.8, 4) is 0 Å². The van der Waals surface area contributed by atoms with Gasteiger partial charge in [0, 0.05) is 31.3 Å². The lowest BCUT2D eigenvalue weighted by molar-refractivity contribution is -0.917. The Morgan fingerprint density at radius 3 is 2.42 bits per heavy atom. The quantitative estimate of drug-likeness (QED) is 0.691. The Morgan fingerprint density at radius 1 is 1.10 bits per heavy atom. The zero-order valence-corrected chi connectivity index (χ0v) is 18.9. The van der Waals surface area contributed by atoms with Crippen LogP contribution in [0, 0.1) is 12.8 Å². The van der Waals surface area contributed by atoms with E-state index in [1.807, 2.05) is 17.9 Å². The van der Waals surface area contributed by atoms with Gasteiger partial charge in [-0.1, -0.05) is 44.2 Å². The third-order valence-corrected chi connectivity index (χ3v) is 5.59. The van der Waals surface area contributed by atoms with Gasteiger partial charge in [-0.3, -0.25) is 14.6 Å². The van der Waals surface area contributed by atoms with Gasteiger partial charge >= 0.3 is 0 Å². The molecule has 1 aliphatic rings. The molecule has 0 bridgehead atoms. The van der Waals surface area contributed by atoms with E-state index >= 15 is 0 Å². The van der Waals surface area contributed by atoms with Gasteiger partial charge in [0.2, 0.25) is 5.91 Å². The standard InChI is InChI=1S/C24H33N5O2/c1-19(2)17-29(24(31)22-16-25-20(3)15-26-22)10-9-23(30)28-13-11-27(12-14-28)18-21-7-5-4-6-8-21/h4-8,15-16,19H,9-14,17-18H2,1-3H3/p+1. The molecule has 0 aliphatic carbocycles. The highest BCUT2D eigenvalue weighted by Gasteiger charge is 2.25. The number of hydrogen-bond acceptors (Lipinski definition) is 4. The molecule has 7 nitrogen and oxygen atoms in total. The summed E-state index contributed by atoms with van der Waals surface area (Å²) in [5.74, 6) is 0.268. The number of rotatable bonds is 8. The average Bonchev–Trinajstić information content (AvgIpc) is 2.77. The summed E-state index contributed by atoms with van der Waals surface area (Å²) in [7, 11) is 0. The van der Waals surface area contributed by atoms with Crippen molar-refractivity contribution in [2.45, 2.75) is 33.7 Å². The fraction of sp³-hybridized carbons (Fsp3) is 0.500. The zero-order valence-electron chi connectivity index (χ0n) is 18.9. The predicted molar refractivity (Wildman–Crippen MR) is 120 cm³/mol. The molecule has 3 rings (SSSR count). The summed E-state index contributed by atoms with van der Waals surface area (Å²) >= 11 is 0. The van der Waals surface area contributed by atoms with Crippen LogP contribution in [0.15, 0.2) is 42.7 Å². The second-order valence-corrected chi connectivity index (χ2v) is 8.73. The lowest BCUT2D eigenvalue weighted by atomic mass is 10.1. The number of aromatic nitrogens is 2. The molecule has 7 heteroatoms. The Balaban J connectivity index is 1.50. The molecule has 0 atom stereocenters. The number of carbonyl (C=O) groups is 2. The van der Waals surface area contributed by atoms with Crippen LogP contribution in [0.3, 0.4) is 0 Å². The monoisotopic (exact) mass is 424 g/mol. The second kappa shape index (κ2) is 11.0. The third-order valence-electron chi connectivity index (χ3n) is 5.59. The van der Waals surface area contributed by atoms with Crippen LogP contribution in [-0.2, 0) is 11.3 Å². The first-order valence-corrected chi connectivity index (χ1v) is 11.2. The van der Waals surface area contributed by atoms with E-state index in [1.54, 1.807) is 11.1 Å². The Hall–Kier alpha value is -2.80. The maximum Gasteiger partial charge on any atom is 0.274 e. The van der Waals surface area contributed by atoms with Crippen molar-refractivity contribution in [1.29, 1.82) is 0 Å². The first-order valence-electron chi connectivity index (χ1n) is 11.2. The lowest BCUT2D eigenvalue weighted by Gasteiger charge is -2.33. The molecule has 0 saturated carbocycles. The second-order valence-electron chi connectivity index (χ2n) is 8.73. The van der Waals surface area contributed by atoms with Crippen molar-refractivity contribution in [1.82, 2.24) is 19.8 Å². The van der Waals surface area contributed by atoms with Gasteiger partial charge in [-0.25, -0.2) is 4.98 Å². The normalized spacial score (nSPS) is 14.6. The average molecular weight is 425 g/mol. The largest absolute Gasteiger partial charge is 0.336 e. The maximum absolute atomic E-state index is 12.9. The third kappa shape index (κ3) is 6.85. The number of piperazine rings is 1. The molecule has 0 unspecified atom stereocenters. The summed E-state index contributed by atoms with van der Waals surface area (Å²) in [6.07, 6.45) is 3.45. The Bertz CT molecular complexity index is 846. The number of quaternary nitrogens is 1. The minimum Gasteiger partial charge on any atom is -0.336 e. The minimum absolute atomic E-state index is 0.121. The van der Waals surface area contributed by atoms with Gasteiger partial charge in [0.15, 0.2) is 0 Å². The molecule has 31 heavy (non-hydrogen) atoms. The van der Waals surface area contributed by atoms with Crippen LogP contribution in [-0.4, -0.2) is 70.9 Å². The van der Waals surface area contributed by atoms with Crippen molar-refractivity contribution >= 4 is 11.8 Å². The highest BCUT2D eigenvalue weighted by Crippen LogP contribution is 2.08. The van der Waals surface area contributed by atoms with Gasteiger partial charge in [-0.05, 0) is 12.8 Å². The molecular weight excluding hydrogens is 390 g/mol. The summed E-state index contributed by atoms with van der Waals surface area (Å²) in [5.41, 5.74) is 2.44. The zero-order chi connectivity index (χ0) is 22.2. The van der Waals surface area contributed by atoms with E-state index in [-0.39, 0.29) is 11.8 Å². The van der Waals surface area contributed by atoms with Crippen LogP contribution in [0.1, 0.15) is 42.0 Å². The number of nitrogens with one attached hydrogen (secondary N) is 1. The molecule has 2 amide bonds. The number of aryl methyl sites for hydroxylation is 1. The van der Waals surface area contributed by atoms with Gasteiger partial charge in [0.05, 0.1) is 38.1 Å². The molecule has 1 aromatic heterocycles. The van der Waals surface area contributed by atoms with Crippen LogP contribution >= 0.6 is 0 Å². The highest BCUT2D eigenvalue weighted by atomic mass is 16.2. The molecular formula is C24H34N5O2+. The van der Waals surface area contributed by atoms with Gasteiger partial charge in [-0.2, -0.15) is 0 Å². The van der Waals surface area contributed by atoms with Crippen LogP contribution in [0.5, 0.6) is 0 Å². The first kappa shape index (κ1) is 22.9. The smallest absolute Gasteiger partial charge is 0.274 e. The fourth-order valence-electron chi connectivity index (χ4n) is 3.90. The van der Waals surface area contributed by atoms with Crippen LogP contribution in [0.4, 0.5) is 0 Å². The van der Waals surface area contributed by atoms with Crippen LogP contribution < -0.4 is 4.90 Å². The van der Waals surface area contributed by atoms with E-state index in [2.05, 4.69) is 48.1 Å². The van der Waals surface area contributed by atoms with Crippen molar-refractivity contribution in [3.05, 3.63) is 59.7 Å². The fourth-order valence-corrected chi connectivity index (χ4v) is 3.90. The molecule has 2 aromatic rings. The maximum atomic E-state index is 12.9. The van der Waals surface area contributed by atoms with Crippen molar-refractivity contribution < 1.29 is 14.5 Å². The molecule has 1 fully saturated rings. The van der Waals surface area contributed by atoms with E-state index in [9.17, 15) is 9.59 Å². The summed E-state index contributed by atoms with van der Waals surface area (Å²) in [5, 5.41) is 0. The molecule has 0 radical (unpaired) electrons. The number of nitrogens with zero attached hydrogens (tertiary/aromatic N) is 4. The van der Waals surface area contributed by atoms with Gasteiger partial charge in [0.1, 0.15) is 12.2 Å².